The summed E-state index contributed by atoms with van der Waals surface area (Å²) in [6.07, 6.45) is 0.0876. The van der Waals surface area contributed by atoms with Crippen molar-refractivity contribution in [1.82, 2.24) is 0 Å². The van der Waals surface area contributed by atoms with Gasteiger partial charge in [-0.25, -0.2) is 0 Å². The molecule has 0 aliphatic rings. The second kappa shape index (κ2) is 7.40. The van der Waals surface area contributed by atoms with Crippen LogP contribution in [-0.2, 0) is 4.79 Å². The molecule has 0 radical (unpaired) electrons. The lowest BCUT2D eigenvalue weighted by Crippen LogP contribution is -2.13. The summed E-state index contributed by atoms with van der Waals surface area (Å²) in [5, 5.41) is 10.5. The highest BCUT2D eigenvalue weighted by Gasteiger charge is 2.09. The number of hydrogen-bond acceptors (Lipinski definition) is 5. The second-order valence-corrected chi connectivity index (χ2v) is 5.09. The molecule has 0 atom stereocenters. The highest BCUT2D eigenvalue weighted by molar-refractivity contribution is 5.72. The molecule has 0 spiro atoms. The van der Waals surface area contributed by atoms with E-state index in [4.69, 9.17) is 9.47 Å². The van der Waals surface area contributed by atoms with Crippen molar-refractivity contribution < 1.29 is 19.2 Å². The van der Waals surface area contributed by atoms with E-state index >= 15 is 0 Å². The van der Waals surface area contributed by atoms with E-state index in [2.05, 4.69) is 0 Å². The third-order valence-electron chi connectivity index (χ3n) is 3.18. The van der Waals surface area contributed by atoms with Gasteiger partial charge in [0.15, 0.2) is 0 Å². The molecule has 2 aromatic carbocycles. The van der Waals surface area contributed by atoms with E-state index in [1.165, 1.54) is 24.3 Å². The van der Waals surface area contributed by atoms with Gasteiger partial charge in [0.05, 0.1) is 18.0 Å². The van der Waals surface area contributed by atoms with Crippen LogP contribution in [0.2, 0.25) is 0 Å². The Hall–Kier alpha value is -2.89. The van der Waals surface area contributed by atoms with Crippen molar-refractivity contribution in [2.24, 2.45) is 0 Å². The maximum atomic E-state index is 11.8. The maximum Gasteiger partial charge on any atom is 0.314 e. The summed E-state index contributed by atoms with van der Waals surface area (Å²) in [5.74, 6) is 0.615. The van der Waals surface area contributed by atoms with Crippen LogP contribution < -0.4 is 9.47 Å². The smallest absolute Gasteiger partial charge is 0.314 e. The van der Waals surface area contributed by atoms with Gasteiger partial charge in [0, 0.05) is 12.1 Å². The summed E-state index contributed by atoms with van der Waals surface area (Å²) in [6, 6.07) is 11.3. The van der Waals surface area contributed by atoms with Gasteiger partial charge < -0.3 is 9.47 Å². The maximum absolute atomic E-state index is 11.8. The standard InChI is InChI=1S/C17H17NO5/c1-12-3-8-16(13(2)11-12)23-17(19)9-10-22-15-6-4-14(5-7-15)18(20)21/h3-8,11H,9-10H2,1-2H3. The molecule has 0 aliphatic carbocycles. The van der Waals surface area contributed by atoms with E-state index in [0.717, 1.165) is 11.1 Å². The van der Waals surface area contributed by atoms with Crippen LogP contribution >= 0.6 is 0 Å². The molecule has 0 saturated heterocycles. The number of esters is 1. The number of carbonyl (C=O) groups excluding carboxylic acids is 1. The predicted molar refractivity (Wildman–Crippen MR) is 84.8 cm³/mol. The topological polar surface area (TPSA) is 78.7 Å². The van der Waals surface area contributed by atoms with E-state index in [9.17, 15) is 14.9 Å². The Morgan fingerprint density at radius 2 is 1.83 bits per heavy atom. The molecule has 0 heterocycles. The minimum atomic E-state index is -0.481. The first kappa shape index (κ1) is 16.5. The number of rotatable bonds is 6. The fourth-order valence-electron chi connectivity index (χ4n) is 2.00. The largest absolute Gasteiger partial charge is 0.493 e. The fourth-order valence-corrected chi connectivity index (χ4v) is 2.00. The quantitative estimate of drug-likeness (QED) is 0.352. The summed E-state index contributed by atoms with van der Waals surface area (Å²) in [6.45, 7) is 3.99. The molecule has 0 bridgehead atoms. The molecule has 6 nitrogen and oxygen atoms in total. The minimum absolute atomic E-state index is 0.00777. The lowest BCUT2D eigenvalue weighted by atomic mass is 10.1. The summed E-state index contributed by atoms with van der Waals surface area (Å²) >= 11 is 0. The van der Waals surface area contributed by atoms with Gasteiger partial charge in [0.1, 0.15) is 11.5 Å². The molecule has 0 fully saturated rings. The van der Waals surface area contributed by atoms with E-state index in [1.54, 1.807) is 6.07 Å². The van der Waals surface area contributed by atoms with Gasteiger partial charge in [-0.3, -0.25) is 14.9 Å². The van der Waals surface area contributed by atoms with Crippen molar-refractivity contribution >= 4 is 11.7 Å². The minimum Gasteiger partial charge on any atom is -0.493 e. The van der Waals surface area contributed by atoms with Crippen LogP contribution in [0.3, 0.4) is 0 Å². The molecule has 0 saturated carbocycles. The fraction of sp³-hybridized carbons (Fsp3) is 0.235. The molecule has 23 heavy (non-hydrogen) atoms. The predicted octanol–water partition coefficient (Wildman–Crippen LogP) is 3.59. The SMILES string of the molecule is Cc1ccc(OC(=O)CCOc2ccc([N+](=O)[O-])cc2)c(C)c1. The molecular weight excluding hydrogens is 298 g/mol. The van der Waals surface area contributed by atoms with Crippen molar-refractivity contribution in [2.45, 2.75) is 20.3 Å². The average Bonchev–Trinajstić information content (AvgIpc) is 2.50. The monoisotopic (exact) mass is 315 g/mol. The summed E-state index contributed by atoms with van der Waals surface area (Å²) < 4.78 is 10.7. The number of nitrogens with zero attached hydrogens (tertiary/aromatic N) is 1. The zero-order chi connectivity index (χ0) is 16.8. The Morgan fingerprint density at radius 1 is 1.13 bits per heavy atom. The highest BCUT2D eigenvalue weighted by atomic mass is 16.6. The molecule has 2 rings (SSSR count). The molecule has 6 heteroatoms. The molecule has 0 N–H and O–H groups in total. The van der Waals surface area contributed by atoms with Crippen LogP contribution in [-0.4, -0.2) is 17.5 Å². The molecule has 0 amide bonds. The van der Waals surface area contributed by atoms with Gasteiger partial charge in [-0.1, -0.05) is 17.7 Å². The van der Waals surface area contributed by atoms with Crippen LogP contribution in [0.1, 0.15) is 17.5 Å². The molecular formula is C17H17NO5. The van der Waals surface area contributed by atoms with Crippen molar-refractivity contribution in [1.29, 1.82) is 0 Å². The van der Waals surface area contributed by atoms with Gasteiger partial charge in [0.2, 0.25) is 0 Å². The highest BCUT2D eigenvalue weighted by Crippen LogP contribution is 2.20. The number of hydrogen-bond donors (Lipinski definition) is 0. The zero-order valence-electron chi connectivity index (χ0n) is 12.9. The molecule has 0 aromatic heterocycles. The van der Waals surface area contributed by atoms with Gasteiger partial charge >= 0.3 is 5.97 Å². The zero-order valence-corrected chi connectivity index (χ0v) is 12.9. The van der Waals surface area contributed by atoms with Crippen molar-refractivity contribution in [2.75, 3.05) is 6.61 Å². The Kier molecular flexibility index (Phi) is 5.30. The molecule has 0 aliphatic heterocycles. The number of nitro benzene ring substituents is 1. The van der Waals surface area contributed by atoms with E-state index in [1.807, 2.05) is 26.0 Å². The Bertz CT molecular complexity index is 709. The van der Waals surface area contributed by atoms with E-state index in [0.29, 0.717) is 11.5 Å². The average molecular weight is 315 g/mol. The Morgan fingerprint density at radius 3 is 2.43 bits per heavy atom. The van der Waals surface area contributed by atoms with Gasteiger partial charge in [0.25, 0.3) is 5.69 Å². The first-order valence-corrected chi connectivity index (χ1v) is 7.11. The van der Waals surface area contributed by atoms with Crippen LogP contribution in [0.5, 0.6) is 11.5 Å². The lowest BCUT2D eigenvalue weighted by molar-refractivity contribution is -0.384. The van der Waals surface area contributed by atoms with Crippen LogP contribution in [0.4, 0.5) is 5.69 Å². The number of nitro groups is 1. The van der Waals surface area contributed by atoms with Crippen molar-refractivity contribution in [3.63, 3.8) is 0 Å². The van der Waals surface area contributed by atoms with Gasteiger partial charge in [-0.05, 0) is 37.6 Å². The second-order valence-electron chi connectivity index (χ2n) is 5.09. The summed E-state index contributed by atoms with van der Waals surface area (Å²) in [5.41, 5.74) is 1.99. The number of aryl methyl sites for hydroxylation is 2. The first-order valence-electron chi connectivity index (χ1n) is 7.11. The van der Waals surface area contributed by atoms with Crippen molar-refractivity contribution in [3.05, 3.63) is 63.7 Å². The summed E-state index contributed by atoms with van der Waals surface area (Å²) in [7, 11) is 0. The Labute approximate surface area is 133 Å². The number of benzene rings is 2. The number of non-ortho nitro benzene ring substituents is 1. The van der Waals surface area contributed by atoms with Gasteiger partial charge in [-0.2, -0.15) is 0 Å². The van der Waals surface area contributed by atoms with Gasteiger partial charge in [-0.15, -0.1) is 0 Å². The summed E-state index contributed by atoms with van der Waals surface area (Å²) in [4.78, 5) is 21.9. The molecule has 120 valence electrons. The normalized spacial score (nSPS) is 10.2. The van der Waals surface area contributed by atoms with Crippen molar-refractivity contribution in [3.8, 4) is 11.5 Å². The van der Waals surface area contributed by atoms with Crippen LogP contribution in [0.25, 0.3) is 0 Å². The number of carbonyl (C=O) groups is 1. The van der Waals surface area contributed by atoms with Crippen LogP contribution in [0.15, 0.2) is 42.5 Å². The third-order valence-corrected chi connectivity index (χ3v) is 3.18. The van der Waals surface area contributed by atoms with E-state index in [-0.39, 0.29) is 24.7 Å². The third kappa shape index (κ3) is 4.81. The number of ether oxygens (including phenoxy) is 2. The van der Waals surface area contributed by atoms with Crippen LogP contribution in [0, 0.1) is 24.0 Å². The lowest BCUT2D eigenvalue weighted by Gasteiger charge is -2.09. The van der Waals surface area contributed by atoms with E-state index < -0.39 is 4.92 Å². The Balaban J connectivity index is 1.81. The molecule has 0 unspecified atom stereocenters. The molecule has 2 aromatic rings. The first-order chi connectivity index (χ1) is 11.0.